The van der Waals surface area contributed by atoms with E-state index in [2.05, 4.69) is 9.97 Å². The maximum atomic E-state index is 13.2. The smallest absolute Gasteiger partial charge is 0.227 e. The van der Waals surface area contributed by atoms with Crippen LogP contribution < -0.4 is 0 Å². The lowest BCUT2D eigenvalue weighted by Crippen LogP contribution is -2.49. The van der Waals surface area contributed by atoms with Gasteiger partial charge in [0.25, 0.3) is 0 Å². The summed E-state index contributed by atoms with van der Waals surface area (Å²) in [5.74, 6) is 1.23. The van der Waals surface area contributed by atoms with Crippen molar-refractivity contribution in [3.05, 3.63) is 60.2 Å². The van der Waals surface area contributed by atoms with Crippen LogP contribution in [0, 0.1) is 5.92 Å². The second kappa shape index (κ2) is 9.10. The van der Waals surface area contributed by atoms with Gasteiger partial charge in [-0.25, -0.2) is 4.98 Å². The molecule has 2 amide bonds. The van der Waals surface area contributed by atoms with E-state index in [0.29, 0.717) is 45.4 Å². The summed E-state index contributed by atoms with van der Waals surface area (Å²) in [6, 6.07) is 13.6. The van der Waals surface area contributed by atoms with Crippen molar-refractivity contribution in [1.82, 2.24) is 19.8 Å². The zero-order chi connectivity index (χ0) is 21.9. The fourth-order valence-corrected chi connectivity index (χ4v) is 4.80. The van der Waals surface area contributed by atoms with Gasteiger partial charge in [0.2, 0.25) is 11.8 Å². The molecule has 0 spiro atoms. The van der Waals surface area contributed by atoms with Crippen LogP contribution in [0.1, 0.15) is 43.2 Å². The molecule has 0 bridgehead atoms. The Bertz CT molecular complexity index is 1060. The summed E-state index contributed by atoms with van der Waals surface area (Å²) in [5, 5.41) is 0. The van der Waals surface area contributed by atoms with Gasteiger partial charge in [-0.2, -0.15) is 0 Å². The summed E-state index contributed by atoms with van der Waals surface area (Å²) in [6.45, 7) is 2.54. The highest BCUT2D eigenvalue weighted by Crippen LogP contribution is 2.31. The molecule has 0 radical (unpaired) electrons. The normalized spacial score (nSPS) is 20.1. The highest BCUT2D eigenvalue weighted by Gasteiger charge is 2.35. The van der Waals surface area contributed by atoms with Crippen LogP contribution in [0.15, 0.2) is 53.1 Å². The Labute approximate surface area is 187 Å². The first-order valence-electron chi connectivity index (χ1n) is 11.5. The van der Waals surface area contributed by atoms with Gasteiger partial charge in [0.15, 0.2) is 11.5 Å². The molecular formula is C25H28N4O3. The molecule has 0 saturated carbocycles. The second-order valence-electron chi connectivity index (χ2n) is 8.77. The molecule has 2 aliphatic rings. The van der Waals surface area contributed by atoms with Crippen LogP contribution in [0.5, 0.6) is 0 Å². The van der Waals surface area contributed by atoms with Gasteiger partial charge in [-0.05, 0) is 43.5 Å². The minimum atomic E-state index is -0.114. The number of piperidine rings is 2. The minimum absolute atomic E-state index is 0.114. The van der Waals surface area contributed by atoms with E-state index in [0.717, 1.165) is 35.5 Å². The third kappa shape index (κ3) is 4.38. The van der Waals surface area contributed by atoms with Crippen LogP contribution >= 0.6 is 0 Å². The number of carbonyl (C=O) groups is 2. The number of fused-ring (bicyclic) bond motifs is 1. The van der Waals surface area contributed by atoms with Crippen LogP contribution in [0.3, 0.4) is 0 Å². The average molecular weight is 433 g/mol. The number of para-hydroxylation sites is 2. The van der Waals surface area contributed by atoms with Crippen molar-refractivity contribution >= 4 is 22.9 Å². The summed E-state index contributed by atoms with van der Waals surface area (Å²) in [5.41, 5.74) is 2.67. The number of hydrogen-bond acceptors (Lipinski definition) is 5. The molecule has 0 N–H and O–H groups in total. The van der Waals surface area contributed by atoms with E-state index < -0.39 is 0 Å². The van der Waals surface area contributed by atoms with Crippen molar-refractivity contribution in [3.63, 3.8) is 0 Å². The van der Waals surface area contributed by atoms with E-state index in [1.165, 1.54) is 0 Å². The molecular weight excluding hydrogens is 404 g/mol. The third-order valence-corrected chi connectivity index (χ3v) is 6.68. The molecule has 7 heteroatoms. The van der Waals surface area contributed by atoms with Crippen LogP contribution in [-0.4, -0.2) is 57.8 Å². The Balaban J connectivity index is 1.16. The van der Waals surface area contributed by atoms with Gasteiger partial charge < -0.3 is 14.2 Å². The van der Waals surface area contributed by atoms with E-state index in [1.807, 2.05) is 52.3 Å². The van der Waals surface area contributed by atoms with Gasteiger partial charge in [0.05, 0.1) is 5.92 Å². The molecule has 166 valence electrons. The van der Waals surface area contributed by atoms with Crippen LogP contribution in [-0.2, 0) is 16.0 Å². The predicted molar refractivity (Wildman–Crippen MR) is 120 cm³/mol. The lowest BCUT2D eigenvalue weighted by molar-refractivity contribution is -0.143. The number of hydrogen-bond donors (Lipinski definition) is 0. The molecule has 4 heterocycles. The van der Waals surface area contributed by atoms with Crippen LogP contribution in [0.25, 0.3) is 11.1 Å². The number of amides is 2. The second-order valence-corrected chi connectivity index (χ2v) is 8.77. The number of likely N-dealkylation sites (tertiary alicyclic amines) is 2. The van der Waals surface area contributed by atoms with Gasteiger partial charge in [-0.15, -0.1) is 0 Å². The maximum absolute atomic E-state index is 13.2. The van der Waals surface area contributed by atoms with Gasteiger partial charge in [-0.1, -0.05) is 18.2 Å². The first kappa shape index (κ1) is 20.7. The molecule has 1 aromatic carbocycles. The number of oxazole rings is 1. The van der Waals surface area contributed by atoms with Gasteiger partial charge in [0, 0.05) is 56.8 Å². The Morgan fingerprint density at radius 3 is 2.66 bits per heavy atom. The number of aromatic nitrogens is 2. The summed E-state index contributed by atoms with van der Waals surface area (Å²) < 4.78 is 5.94. The third-order valence-electron chi connectivity index (χ3n) is 6.68. The molecule has 3 aromatic rings. The van der Waals surface area contributed by atoms with E-state index in [1.54, 1.807) is 6.20 Å². The number of rotatable bonds is 5. The van der Waals surface area contributed by atoms with E-state index in [4.69, 9.17) is 4.42 Å². The largest absolute Gasteiger partial charge is 0.440 e. The van der Waals surface area contributed by atoms with Gasteiger partial charge >= 0.3 is 0 Å². The average Bonchev–Trinajstić information content (AvgIpc) is 3.28. The lowest BCUT2D eigenvalue weighted by Gasteiger charge is -2.37. The highest BCUT2D eigenvalue weighted by atomic mass is 16.3. The maximum Gasteiger partial charge on any atom is 0.227 e. The molecule has 2 aromatic heterocycles. The zero-order valence-corrected chi connectivity index (χ0v) is 18.2. The standard InChI is InChI=1S/C25H28N4O3/c30-23-9-8-19(17-29(23)16-12-20-5-3-4-13-26-20)25(31)28-14-10-18(11-15-28)24-27-21-6-1-2-7-22(21)32-24/h1-7,13,18-19H,8-12,14-17H2/t19-/m0/s1. The van der Waals surface area contributed by atoms with Crippen LogP contribution in [0.4, 0.5) is 0 Å². The quantitative estimate of drug-likeness (QED) is 0.617. The molecule has 1 atom stereocenters. The Hall–Kier alpha value is -3.22. The topological polar surface area (TPSA) is 79.5 Å². The number of benzene rings is 1. The van der Waals surface area contributed by atoms with Crippen molar-refractivity contribution in [3.8, 4) is 0 Å². The zero-order valence-electron chi connectivity index (χ0n) is 18.2. The molecule has 2 saturated heterocycles. The fourth-order valence-electron chi connectivity index (χ4n) is 4.80. The van der Waals surface area contributed by atoms with Crippen molar-refractivity contribution in [2.45, 2.75) is 38.0 Å². The fraction of sp³-hybridized carbons (Fsp3) is 0.440. The molecule has 5 rings (SSSR count). The van der Waals surface area contributed by atoms with E-state index in [9.17, 15) is 9.59 Å². The molecule has 7 nitrogen and oxygen atoms in total. The van der Waals surface area contributed by atoms with Crippen molar-refractivity contribution in [2.24, 2.45) is 5.92 Å². The summed E-state index contributed by atoms with van der Waals surface area (Å²) in [4.78, 5) is 38.4. The molecule has 2 aliphatic heterocycles. The molecule has 2 fully saturated rings. The Morgan fingerprint density at radius 2 is 1.88 bits per heavy atom. The van der Waals surface area contributed by atoms with Crippen molar-refractivity contribution in [2.75, 3.05) is 26.2 Å². The summed E-state index contributed by atoms with van der Waals surface area (Å²) >= 11 is 0. The van der Waals surface area contributed by atoms with Crippen molar-refractivity contribution in [1.29, 1.82) is 0 Å². The molecule has 0 aliphatic carbocycles. The van der Waals surface area contributed by atoms with Crippen LogP contribution in [0.2, 0.25) is 0 Å². The van der Waals surface area contributed by atoms with Gasteiger partial charge in [-0.3, -0.25) is 14.6 Å². The SMILES string of the molecule is O=C1CC[C@H](C(=O)N2CCC(c3nc4ccccc4o3)CC2)CN1CCc1ccccn1. The first-order chi connectivity index (χ1) is 15.7. The van der Waals surface area contributed by atoms with Gasteiger partial charge in [0.1, 0.15) is 5.52 Å². The lowest BCUT2D eigenvalue weighted by atomic mass is 9.92. The summed E-state index contributed by atoms with van der Waals surface area (Å²) in [6.07, 6.45) is 5.27. The summed E-state index contributed by atoms with van der Waals surface area (Å²) in [7, 11) is 0. The van der Waals surface area contributed by atoms with Crippen molar-refractivity contribution < 1.29 is 14.0 Å². The first-order valence-corrected chi connectivity index (χ1v) is 11.5. The number of carbonyl (C=O) groups excluding carboxylic acids is 2. The number of nitrogens with zero attached hydrogens (tertiary/aromatic N) is 4. The minimum Gasteiger partial charge on any atom is -0.440 e. The number of pyridine rings is 1. The molecule has 0 unspecified atom stereocenters. The monoisotopic (exact) mass is 432 g/mol. The Morgan fingerprint density at radius 1 is 1.06 bits per heavy atom. The molecule has 32 heavy (non-hydrogen) atoms. The Kier molecular flexibility index (Phi) is 5.88. The van der Waals surface area contributed by atoms with E-state index in [-0.39, 0.29) is 23.7 Å². The predicted octanol–water partition coefficient (Wildman–Crippen LogP) is 3.41. The highest BCUT2D eigenvalue weighted by molar-refractivity contribution is 5.84. The van der Waals surface area contributed by atoms with E-state index >= 15 is 0 Å².